The fourth-order valence-electron chi connectivity index (χ4n) is 5.00. The van der Waals surface area contributed by atoms with E-state index in [1.807, 2.05) is 6.08 Å². The molecule has 3 N–H and O–H groups in total. The van der Waals surface area contributed by atoms with E-state index in [4.69, 9.17) is 0 Å². The van der Waals surface area contributed by atoms with Crippen molar-refractivity contribution in [1.82, 2.24) is 5.32 Å². The summed E-state index contributed by atoms with van der Waals surface area (Å²) in [6.45, 7) is 4.13. The number of carbonyl (C=O) groups excluding carboxylic acids is 1. The molecule has 0 radical (unpaired) electrons. The van der Waals surface area contributed by atoms with Crippen LogP contribution in [0.15, 0.2) is 85.1 Å². The number of hydrogen-bond donors (Lipinski definition) is 3. The van der Waals surface area contributed by atoms with Gasteiger partial charge >= 0.3 is 0 Å². The van der Waals surface area contributed by atoms with Crippen LogP contribution < -0.4 is 5.32 Å². The first-order valence-corrected chi connectivity index (χ1v) is 18.8. The lowest BCUT2D eigenvalue weighted by Gasteiger charge is -2.20. The minimum Gasteiger partial charge on any atom is -0.394 e. The lowest BCUT2D eigenvalue weighted by molar-refractivity contribution is -0.123. The van der Waals surface area contributed by atoms with Crippen molar-refractivity contribution in [1.29, 1.82) is 0 Å². The number of aliphatic hydroxyl groups is 2. The van der Waals surface area contributed by atoms with Gasteiger partial charge in [0.2, 0.25) is 5.91 Å². The zero-order valence-corrected chi connectivity index (χ0v) is 29.8. The summed E-state index contributed by atoms with van der Waals surface area (Å²) >= 11 is 0. The van der Waals surface area contributed by atoms with E-state index >= 15 is 0 Å². The lowest BCUT2D eigenvalue weighted by Crippen LogP contribution is -2.45. The Balaban J connectivity index is 3.68. The highest BCUT2D eigenvalue weighted by Gasteiger charge is 2.17. The standard InChI is InChI=1S/C42H71NO3/c1-3-5-7-9-11-13-14-15-16-17-18-19-20-21-22-23-24-25-26-27-28-30-32-34-36-38-42(46)43-40(39-44)41(45)37-35-33-31-29-12-10-8-6-4-2/h5,7,11,13,15-16,18-19,21-22,24-25,35,37,40-41,44-45H,3-4,6,8-10,12,14,17,20,23,26-34,36,38-39H2,1-2H3,(H,43,46)/b7-5-,13-11-,16-15-,19-18-,22-21-,25-24-,37-35+. The van der Waals surface area contributed by atoms with Crippen molar-refractivity contribution < 1.29 is 15.0 Å². The fourth-order valence-corrected chi connectivity index (χ4v) is 5.00. The number of unbranched alkanes of at least 4 members (excludes halogenated alkanes) is 13. The normalized spacial score (nSPS) is 14.1. The Labute approximate surface area is 284 Å². The Kier molecular flexibility index (Phi) is 35.1. The number of amides is 1. The van der Waals surface area contributed by atoms with Crippen LogP contribution in [-0.4, -0.2) is 34.9 Å². The van der Waals surface area contributed by atoms with Gasteiger partial charge in [0.1, 0.15) is 0 Å². The first-order valence-electron chi connectivity index (χ1n) is 18.8. The van der Waals surface area contributed by atoms with E-state index in [1.54, 1.807) is 6.08 Å². The molecule has 1 amide bonds. The number of aliphatic hydroxyl groups excluding tert-OH is 2. The minimum atomic E-state index is -0.848. The van der Waals surface area contributed by atoms with E-state index in [9.17, 15) is 15.0 Å². The molecule has 0 aromatic carbocycles. The van der Waals surface area contributed by atoms with Crippen LogP contribution in [0.2, 0.25) is 0 Å². The van der Waals surface area contributed by atoms with E-state index < -0.39 is 12.1 Å². The smallest absolute Gasteiger partial charge is 0.220 e. The summed E-state index contributed by atoms with van der Waals surface area (Å²) in [6, 6.07) is -0.633. The maximum absolute atomic E-state index is 12.3. The number of allylic oxidation sites excluding steroid dienone is 13. The molecule has 0 bridgehead atoms. The van der Waals surface area contributed by atoms with Crippen LogP contribution in [0, 0.1) is 0 Å². The van der Waals surface area contributed by atoms with Gasteiger partial charge in [-0.05, 0) is 70.6 Å². The third kappa shape index (κ3) is 32.9. The fraction of sp³-hybridized carbons (Fsp3) is 0.643. The van der Waals surface area contributed by atoms with Crippen molar-refractivity contribution >= 4 is 5.91 Å². The quantitative estimate of drug-likeness (QED) is 0.0508. The van der Waals surface area contributed by atoms with Crippen LogP contribution in [-0.2, 0) is 4.79 Å². The summed E-state index contributed by atoms with van der Waals surface area (Å²) in [5.41, 5.74) is 0. The summed E-state index contributed by atoms with van der Waals surface area (Å²) in [4.78, 5) is 12.3. The third-order valence-electron chi connectivity index (χ3n) is 7.88. The van der Waals surface area contributed by atoms with Crippen molar-refractivity contribution in [2.45, 2.75) is 167 Å². The van der Waals surface area contributed by atoms with Crippen molar-refractivity contribution in [2.75, 3.05) is 6.61 Å². The Morgan fingerprint density at radius 3 is 1.43 bits per heavy atom. The van der Waals surface area contributed by atoms with Crippen molar-refractivity contribution in [2.24, 2.45) is 0 Å². The summed E-state index contributed by atoms with van der Waals surface area (Å²) in [6.07, 6.45) is 53.8. The molecule has 46 heavy (non-hydrogen) atoms. The second-order valence-corrected chi connectivity index (χ2v) is 12.3. The van der Waals surface area contributed by atoms with Gasteiger partial charge < -0.3 is 15.5 Å². The van der Waals surface area contributed by atoms with Crippen LogP contribution in [0.4, 0.5) is 0 Å². The van der Waals surface area contributed by atoms with Crippen LogP contribution in [0.25, 0.3) is 0 Å². The molecule has 0 aliphatic carbocycles. The highest BCUT2D eigenvalue weighted by molar-refractivity contribution is 5.76. The van der Waals surface area contributed by atoms with Crippen molar-refractivity contribution in [3.05, 3.63) is 85.1 Å². The maximum Gasteiger partial charge on any atom is 0.220 e. The molecule has 262 valence electrons. The second kappa shape index (κ2) is 37.0. The second-order valence-electron chi connectivity index (χ2n) is 12.3. The average Bonchev–Trinajstić information content (AvgIpc) is 3.06. The van der Waals surface area contributed by atoms with Crippen molar-refractivity contribution in [3.63, 3.8) is 0 Å². The van der Waals surface area contributed by atoms with E-state index in [0.29, 0.717) is 6.42 Å². The van der Waals surface area contributed by atoms with Crippen LogP contribution in [0.3, 0.4) is 0 Å². The zero-order valence-electron chi connectivity index (χ0n) is 29.8. The third-order valence-corrected chi connectivity index (χ3v) is 7.88. The van der Waals surface area contributed by atoms with Gasteiger partial charge in [0.05, 0.1) is 18.8 Å². The van der Waals surface area contributed by atoms with Crippen LogP contribution >= 0.6 is 0 Å². The highest BCUT2D eigenvalue weighted by atomic mass is 16.3. The van der Waals surface area contributed by atoms with E-state index in [1.165, 1.54) is 57.8 Å². The van der Waals surface area contributed by atoms with Gasteiger partial charge in [0, 0.05) is 6.42 Å². The molecule has 0 saturated carbocycles. The molecule has 0 rings (SSSR count). The summed E-state index contributed by atoms with van der Waals surface area (Å²) in [5.74, 6) is -0.0868. The monoisotopic (exact) mass is 638 g/mol. The minimum absolute atomic E-state index is 0.0868. The average molecular weight is 638 g/mol. The van der Waals surface area contributed by atoms with Gasteiger partial charge in [0.25, 0.3) is 0 Å². The molecule has 0 heterocycles. The van der Waals surface area contributed by atoms with Gasteiger partial charge in [-0.2, -0.15) is 0 Å². The zero-order chi connectivity index (χ0) is 33.6. The SMILES string of the molecule is CC/C=C\C/C=C\C/C=C\C/C=C\C/C=C\C/C=C\CCCCCCCCC(=O)NC(CO)C(O)/C=C/CCCCCCCCC. The maximum atomic E-state index is 12.3. The van der Waals surface area contributed by atoms with Crippen molar-refractivity contribution in [3.8, 4) is 0 Å². The van der Waals surface area contributed by atoms with Crippen LogP contribution in [0.1, 0.15) is 155 Å². The first kappa shape index (κ1) is 43.6. The molecular weight excluding hydrogens is 566 g/mol. The number of carbonyl (C=O) groups is 1. The molecule has 0 aromatic heterocycles. The number of hydrogen-bond acceptors (Lipinski definition) is 3. The van der Waals surface area contributed by atoms with E-state index in [-0.39, 0.29) is 12.5 Å². The van der Waals surface area contributed by atoms with E-state index in [2.05, 4.69) is 92.1 Å². The predicted octanol–water partition coefficient (Wildman–Crippen LogP) is 11.3. The summed E-state index contributed by atoms with van der Waals surface area (Å²) in [5, 5.41) is 22.8. The van der Waals surface area contributed by atoms with Gasteiger partial charge in [0.15, 0.2) is 0 Å². The molecule has 0 fully saturated rings. The number of rotatable bonds is 32. The largest absolute Gasteiger partial charge is 0.394 e. The number of nitrogens with one attached hydrogen (secondary N) is 1. The Bertz CT molecular complexity index is 864. The van der Waals surface area contributed by atoms with Gasteiger partial charge in [-0.3, -0.25) is 4.79 Å². The molecule has 0 saturated heterocycles. The molecule has 0 aliphatic rings. The Hall–Kier alpha value is -2.43. The predicted molar refractivity (Wildman–Crippen MR) is 202 cm³/mol. The topological polar surface area (TPSA) is 69.6 Å². The van der Waals surface area contributed by atoms with E-state index in [0.717, 1.165) is 77.0 Å². The van der Waals surface area contributed by atoms with Gasteiger partial charge in [-0.25, -0.2) is 0 Å². The molecular formula is C42H71NO3. The van der Waals surface area contributed by atoms with Gasteiger partial charge in [-0.15, -0.1) is 0 Å². The molecule has 0 spiro atoms. The van der Waals surface area contributed by atoms with Crippen LogP contribution in [0.5, 0.6) is 0 Å². The molecule has 0 aliphatic heterocycles. The molecule has 4 nitrogen and oxygen atoms in total. The highest BCUT2D eigenvalue weighted by Crippen LogP contribution is 2.11. The summed E-state index contributed by atoms with van der Waals surface area (Å²) in [7, 11) is 0. The molecule has 2 unspecified atom stereocenters. The first-order chi connectivity index (χ1) is 22.7. The molecule has 2 atom stereocenters. The van der Waals surface area contributed by atoms with Gasteiger partial charge in [-0.1, -0.05) is 163 Å². The molecule has 0 aromatic rings. The lowest BCUT2D eigenvalue weighted by atomic mass is 10.1. The Morgan fingerprint density at radius 2 is 0.957 bits per heavy atom. The Morgan fingerprint density at radius 1 is 0.543 bits per heavy atom. The molecule has 4 heteroatoms. The summed E-state index contributed by atoms with van der Waals surface area (Å²) < 4.78 is 0.